The van der Waals surface area contributed by atoms with E-state index < -0.39 is 6.03 Å². The molecule has 3 aromatic rings. The molecule has 9 heteroatoms. The van der Waals surface area contributed by atoms with E-state index in [9.17, 15) is 9.59 Å². The van der Waals surface area contributed by atoms with Crippen LogP contribution in [0, 0.1) is 19.3 Å². The summed E-state index contributed by atoms with van der Waals surface area (Å²) in [5.41, 5.74) is 5.17. The average Bonchev–Trinajstić information content (AvgIpc) is 3.17. The first-order valence-electron chi connectivity index (χ1n) is 11.6. The molecule has 1 fully saturated rings. The van der Waals surface area contributed by atoms with Gasteiger partial charge in [0.15, 0.2) is 0 Å². The van der Waals surface area contributed by atoms with Gasteiger partial charge in [-0.2, -0.15) is 0 Å². The Morgan fingerprint density at radius 2 is 1.89 bits per heavy atom. The van der Waals surface area contributed by atoms with Gasteiger partial charge in [0.05, 0.1) is 18.8 Å². The molecular formula is C27H30N6O3. The lowest BCUT2D eigenvalue weighted by atomic mass is 10.0. The average molecular weight is 487 g/mol. The molecule has 9 nitrogen and oxygen atoms in total. The highest BCUT2D eigenvalue weighted by molar-refractivity contribution is 6.12. The fraction of sp³-hybridized carbons (Fsp3) is 0.259. The fourth-order valence-electron chi connectivity index (χ4n) is 4.49. The number of ether oxygens (including phenoxy) is 1. The van der Waals surface area contributed by atoms with Gasteiger partial charge < -0.3 is 10.1 Å². The van der Waals surface area contributed by atoms with Gasteiger partial charge in [0.25, 0.3) is 6.02 Å². The molecule has 186 valence electrons. The minimum Gasteiger partial charge on any atom is -0.468 e. The number of carbonyl (C=O) groups excluding carboxylic acids is 2. The lowest BCUT2D eigenvalue weighted by Crippen LogP contribution is -2.43. The number of urea groups is 2. The minimum atomic E-state index is -0.475. The molecule has 0 spiro atoms. The van der Waals surface area contributed by atoms with Crippen molar-refractivity contribution in [3.8, 4) is 11.1 Å². The number of pyridine rings is 1. The number of aromatic nitrogens is 1. The SMILES string of the molecule is CNC(=O)N(C(=N)OC)c1ccc(-c2ccnc(N3CC(C)N(c4cccc(C)c4)C3=O)c2C)cc1. The topological polar surface area (TPSA) is 102 Å². The van der Waals surface area contributed by atoms with Crippen molar-refractivity contribution >= 4 is 35.3 Å². The number of anilines is 3. The minimum absolute atomic E-state index is 0.00441. The molecule has 0 aliphatic carbocycles. The zero-order valence-corrected chi connectivity index (χ0v) is 21.1. The Morgan fingerprint density at radius 3 is 2.53 bits per heavy atom. The van der Waals surface area contributed by atoms with Gasteiger partial charge in [-0.15, -0.1) is 0 Å². The number of rotatable bonds is 4. The van der Waals surface area contributed by atoms with E-state index in [1.165, 1.54) is 14.2 Å². The number of amidine groups is 1. The van der Waals surface area contributed by atoms with Crippen molar-refractivity contribution in [1.82, 2.24) is 10.3 Å². The molecule has 36 heavy (non-hydrogen) atoms. The molecule has 1 atom stereocenters. The van der Waals surface area contributed by atoms with Crippen molar-refractivity contribution in [2.75, 3.05) is 35.4 Å². The highest BCUT2D eigenvalue weighted by Gasteiger charge is 2.38. The van der Waals surface area contributed by atoms with Gasteiger partial charge in [0.1, 0.15) is 5.82 Å². The van der Waals surface area contributed by atoms with Gasteiger partial charge in [-0.25, -0.2) is 19.5 Å². The van der Waals surface area contributed by atoms with Gasteiger partial charge in [0, 0.05) is 25.5 Å². The second-order valence-electron chi connectivity index (χ2n) is 8.71. The van der Waals surface area contributed by atoms with Gasteiger partial charge in [-0.3, -0.25) is 15.2 Å². The van der Waals surface area contributed by atoms with Gasteiger partial charge in [-0.05, 0) is 73.4 Å². The van der Waals surface area contributed by atoms with E-state index in [0.29, 0.717) is 18.1 Å². The number of hydrogen-bond donors (Lipinski definition) is 2. The van der Waals surface area contributed by atoms with E-state index in [1.54, 1.807) is 23.2 Å². The summed E-state index contributed by atoms with van der Waals surface area (Å²) >= 11 is 0. The highest BCUT2D eigenvalue weighted by Crippen LogP contribution is 2.34. The Hall–Kier alpha value is -4.40. The van der Waals surface area contributed by atoms with Crippen LogP contribution >= 0.6 is 0 Å². The summed E-state index contributed by atoms with van der Waals surface area (Å²) in [6, 6.07) is 16.2. The van der Waals surface area contributed by atoms with Crippen molar-refractivity contribution in [1.29, 1.82) is 5.41 Å². The maximum Gasteiger partial charge on any atom is 0.330 e. The second kappa shape index (κ2) is 10.1. The Bertz CT molecular complexity index is 1290. The fourth-order valence-corrected chi connectivity index (χ4v) is 4.49. The maximum absolute atomic E-state index is 13.5. The van der Waals surface area contributed by atoms with E-state index in [-0.39, 0.29) is 18.1 Å². The number of nitrogens with one attached hydrogen (secondary N) is 2. The second-order valence-corrected chi connectivity index (χ2v) is 8.71. The van der Waals surface area contributed by atoms with Crippen molar-refractivity contribution in [2.24, 2.45) is 0 Å². The quantitative estimate of drug-likeness (QED) is 0.403. The lowest BCUT2D eigenvalue weighted by Gasteiger charge is -2.22. The van der Waals surface area contributed by atoms with E-state index in [2.05, 4.69) is 10.3 Å². The van der Waals surface area contributed by atoms with E-state index in [1.807, 2.05) is 68.1 Å². The molecule has 1 aromatic heterocycles. The third-order valence-electron chi connectivity index (χ3n) is 6.29. The maximum atomic E-state index is 13.5. The first-order chi connectivity index (χ1) is 17.3. The van der Waals surface area contributed by atoms with Gasteiger partial charge >= 0.3 is 12.1 Å². The number of aryl methyl sites for hydroxylation is 1. The van der Waals surface area contributed by atoms with Crippen molar-refractivity contribution in [3.63, 3.8) is 0 Å². The van der Waals surface area contributed by atoms with Crippen LogP contribution in [0.5, 0.6) is 0 Å². The molecule has 2 aromatic carbocycles. The molecule has 4 amide bonds. The molecule has 0 saturated carbocycles. The van der Waals surface area contributed by atoms with Gasteiger partial charge in [-0.1, -0.05) is 24.3 Å². The predicted molar refractivity (Wildman–Crippen MR) is 142 cm³/mol. The summed E-state index contributed by atoms with van der Waals surface area (Å²) in [5.74, 6) is 0.622. The lowest BCUT2D eigenvalue weighted by molar-refractivity contribution is 0.248. The number of methoxy groups -OCH3 is 1. The van der Waals surface area contributed by atoms with E-state index in [0.717, 1.165) is 32.8 Å². The van der Waals surface area contributed by atoms with Crippen LogP contribution < -0.4 is 20.0 Å². The normalized spacial score (nSPS) is 15.1. The Kier molecular flexibility index (Phi) is 6.91. The van der Waals surface area contributed by atoms with Crippen LogP contribution in [0.25, 0.3) is 11.1 Å². The van der Waals surface area contributed by atoms with Crippen LogP contribution in [0.2, 0.25) is 0 Å². The van der Waals surface area contributed by atoms with Crippen LogP contribution in [-0.4, -0.2) is 49.8 Å². The molecule has 4 rings (SSSR count). The highest BCUT2D eigenvalue weighted by atomic mass is 16.5. The number of hydrogen-bond acceptors (Lipinski definition) is 5. The summed E-state index contributed by atoms with van der Waals surface area (Å²) in [6.45, 7) is 6.53. The van der Waals surface area contributed by atoms with Crippen molar-refractivity contribution in [3.05, 3.63) is 71.9 Å². The van der Waals surface area contributed by atoms with E-state index >= 15 is 0 Å². The summed E-state index contributed by atoms with van der Waals surface area (Å²) < 4.78 is 4.96. The smallest absolute Gasteiger partial charge is 0.330 e. The molecule has 0 radical (unpaired) electrons. The molecular weight excluding hydrogens is 456 g/mol. The Morgan fingerprint density at radius 1 is 1.17 bits per heavy atom. The van der Waals surface area contributed by atoms with E-state index in [4.69, 9.17) is 10.1 Å². The summed E-state index contributed by atoms with van der Waals surface area (Å²) in [5, 5.41) is 10.5. The first-order valence-corrected chi connectivity index (χ1v) is 11.6. The Balaban J connectivity index is 1.65. The molecule has 1 aliphatic rings. The molecule has 1 unspecified atom stereocenters. The zero-order valence-electron chi connectivity index (χ0n) is 21.1. The third-order valence-corrected chi connectivity index (χ3v) is 6.29. The van der Waals surface area contributed by atoms with Crippen molar-refractivity contribution in [2.45, 2.75) is 26.8 Å². The summed E-state index contributed by atoms with van der Waals surface area (Å²) in [4.78, 5) is 35.0. The number of amides is 4. The summed E-state index contributed by atoms with van der Waals surface area (Å²) in [7, 11) is 2.84. The largest absolute Gasteiger partial charge is 0.468 e. The van der Waals surface area contributed by atoms with Crippen molar-refractivity contribution < 1.29 is 14.3 Å². The van der Waals surface area contributed by atoms with Crippen LogP contribution in [-0.2, 0) is 4.74 Å². The summed E-state index contributed by atoms with van der Waals surface area (Å²) in [6.07, 6.45) is 1.70. The molecule has 1 saturated heterocycles. The standard InChI is InChI=1S/C27H30N6O3/c1-17-7-6-8-22(15-17)32-18(2)16-31(27(32)35)24-19(3)23(13-14-30-24)20-9-11-21(12-10-20)33(25(28)36-5)26(34)29-4/h6-15,18,28H,16H2,1-5H3,(H,29,34). The number of carbonyl (C=O) groups is 2. The first kappa shape index (κ1) is 24.7. The molecule has 2 N–H and O–H groups in total. The Labute approximate surface area is 210 Å². The number of nitrogens with zero attached hydrogens (tertiary/aromatic N) is 4. The molecule has 2 heterocycles. The van der Waals surface area contributed by atoms with Gasteiger partial charge in [0.2, 0.25) is 0 Å². The van der Waals surface area contributed by atoms with Crippen LogP contribution in [0.1, 0.15) is 18.1 Å². The monoisotopic (exact) mass is 486 g/mol. The van der Waals surface area contributed by atoms with Crippen LogP contribution in [0.3, 0.4) is 0 Å². The number of benzene rings is 2. The zero-order chi connectivity index (χ0) is 26.0. The predicted octanol–water partition coefficient (Wildman–Crippen LogP) is 4.93. The molecule has 1 aliphatic heterocycles. The molecule has 0 bridgehead atoms. The van der Waals surface area contributed by atoms with Crippen LogP contribution in [0.15, 0.2) is 60.8 Å². The third kappa shape index (κ3) is 4.47. The van der Waals surface area contributed by atoms with Crippen LogP contribution in [0.4, 0.5) is 26.8 Å².